The van der Waals surface area contributed by atoms with E-state index in [0.29, 0.717) is 0 Å². The zero-order chi connectivity index (χ0) is 12.3. The normalized spacial score (nSPS) is 14.4. The van der Waals surface area contributed by atoms with Crippen LogP contribution in [0.3, 0.4) is 0 Å². The van der Waals surface area contributed by atoms with E-state index in [1.807, 2.05) is 0 Å². The summed E-state index contributed by atoms with van der Waals surface area (Å²) < 4.78 is 0. The van der Waals surface area contributed by atoms with Crippen molar-refractivity contribution in [1.82, 2.24) is 0 Å². The Balaban J connectivity index is 3.09. The number of carboxylic acid groups (broad SMARTS) is 1. The van der Waals surface area contributed by atoms with Gasteiger partial charge in [-0.2, -0.15) is 12.6 Å². The molecule has 0 heterocycles. The molecule has 2 unspecified atom stereocenters. The van der Waals surface area contributed by atoms with Gasteiger partial charge >= 0.3 is 5.97 Å². The summed E-state index contributed by atoms with van der Waals surface area (Å²) in [6.45, 7) is 0. The number of carboxylic acids is 1. The van der Waals surface area contributed by atoms with E-state index in [1.54, 1.807) is 0 Å². The lowest BCUT2D eigenvalue weighted by Gasteiger charge is -2.17. The maximum absolute atomic E-state index is 10.8. The molecule has 0 amide bonds. The third-order valence-electron chi connectivity index (χ3n) is 2.12. The van der Waals surface area contributed by atoms with Gasteiger partial charge in [-0.05, 0) is 23.8 Å². The first-order valence-electron chi connectivity index (χ1n) is 4.56. The molecule has 0 aliphatic carbocycles. The van der Waals surface area contributed by atoms with Crippen LogP contribution in [0.2, 0.25) is 0 Å². The Labute approximate surface area is 97.9 Å². The van der Waals surface area contributed by atoms with Gasteiger partial charge in [-0.25, -0.2) is 4.79 Å². The fourth-order valence-electron chi connectivity index (χ4n) is 1.29. The highest BCUT2D eigenvalue weighted by atomic mass is 32.1. The number of hydrogen-bond donors (Lipinski definition) is 5. The highest BCUT2D eigenvalue weighted by Crippen LogP contribution is 2.22. The van der Waals surface area contributed by atoms with E-state index < -0.39 is 18.2 Å². The Morgan fingerprint density at radius 3 is 2.50 bits per heavy atom. The third-order valence-corrected chi connectivity index (χ3v) is 2.49. The number of carbonyl (C=O) groups is 1. The standard InChI is InChI=1S/C10H13NO4S/c11-7-2-5(9(13)8(12)4-16)1-6(3-7)10(14)15/h1-3,8-9,12-13,16H,4,11H2,(H,14,15). The van der Waals surface area contributed by atoms with Gasteiger partial charge < -0.3 is 21.1 Å². The van der Waals surface area contributed by atoms with Crippen molar-refractivity contribution in [2.45, 2.75) is 12.2 Å². The van der Waals surface area contributed by atoms with Gasteiger partial charge in [0, 0.05) is 11.4 Å². The maximum atomic E-state index is 10.8. The van der Waals surface area contributed by atoms with Crippen molar-refractivity contribution >= 4 is 24.3 Å². The molecule has 0 aromatic heterocycles. The molecule has 1 aromatic rings. The summed E-state index contributed by atoms with van der Waals surface area (Å²) in [6.07, 6.45) is -2.26. The second kappa shape index (κ2) is 5.20. The molecular weight excluding hydrogens is 230 g/mol. The number of benzene rings is 1. The predicted octanol–water partition coefficient (Wildman–Crippen LogP) is 0.291. The van der Waals surface area contributed by atoms with Gasteiger partial charge in [-0.3, -0.25) is 0 Å². The van der Waals surface area contributed by atoms with Crippen LogP contribution in [-0.2, 0) is 0 Å². The second-order valence-corrected chi connectivity index (χ2v) is 3.75. The lowest BCUT2D eigenvalue weighted by molar-refractivity contribution is 0.0337. The number of aliphatic hydroxyl groups excluding tert-OH is 2. The highest BCUT2D eigenvalue weighted by molar-refractivity contribution is 7.80. The number of aliphatic hydroxyl groups is 2. The van der Waals surface area contributed by atoms with Crippen LogP contribution in [0.15, 0.2) is 18.2 Å². The monoisotopic (exact) mass is 243 g/mol. The summed E-state index contributed by atoms with van der Waals surface area (Å²) in [5, 5.41) is 27.9. The van der Waals surface area contributed by atoms with Crippen molar-refractivity contribution in [3.05, 3.63) is 29.3 Å². The average molecular weight is 243 g/mol. The number of hydrogen-bond acceptors (Lipinski definition) is 5. The highest BCUT2D eigenvalue weighted by Gasteiger charge is 2.18. The van der Waals surface area contributed by atoms with Gasteiger partial charge in [-0.15, -0.1) is 0 Å². The van der Waals surface area contributed by atoms with Crippen molar-refractivity contribution in [3.8, 4) is 0 Å². The predicted molar refractivity (Wildman–Crippen MR) is 62.6 cm³/mol. The van der Waals surface area contributed by atoms with Crippen molar-refractivity contribution in [2.75, 3.05) is 11.5 Å². The zero-order valence-corrected chi connectivity index (χ0v) is 9.26. The van der Waals surface area contributed by atoms with Crippen LogP contribution in [0.1, 0.15) is 22.0 Å². The van der Waals surface area contributed by atoms with E-state index in [2.05, 4.69) is 12.6 Å². The number of rotatable bonds is 4. The van der Waals surface area contributed by atoms with Gasteiger partial charge in [-0.1, -0.05) is 0 Å². The Hall–Kier alpha value is -1.24. The van der Waals surface area contributed by atoms with Crippen molar-refractivity contribution in [3.63, 3.8) is 0 Å². The first kappa shape index (κ1) is 12.8. The Morgan fingerprint density at radius 1 is 1.38 bits per heavy atom. The largest absolute Gasteiger partial charge is 0.478 e. The van der Waals surface area contributed by atoms with Crippen LogP contribution in [-0.4, -0.2) is 33.1 Å². The maximum Gasteiger partial charge on any atom is 0.335 e. The number of anilines is 1. The average Bonchev–Trinajstić information content (AvgIpc) is 2.26. The van der Waals surface area contributed by atoms with Gasteiger partial charge in [0.25, 0.3) is 0 Å². The molecule has 16 heavy (non-hydrogen) atoms. The third kappa shape index (κ3) is 2.88. The molecule has 0 saturated carbocycles. The number of nitrogen functional groups attached to an aromatic ring is 1. The van der Waals surface area contributed by atoms with Crippen molar-refractivity contribution in [2.24, 2.45) is 0 Å². The quantitative estimate of drug-likeness (QED) is 0.386. The smallest absolute Gasteiger partial charge is 0.335 e. The summed E-state index contributed by atoms with van der Waals surface area (Å²) in [5.74, 6) is -1.07. The molecular formula is C10H13NO4S. The molecule has 0 aliphatic heterocycles. The van der Waals surface area contributed by atoms with E-state index in [-0.39, 0.29) is 22.6 Å². The molecule has 5 nitrogen and oxygen atoms in total. The minimum atomic E-state index is -1.20. The molecule has 5 N–H and O–H groups in total. The van der Waals surface area contributed by atoms with E-state index in [1.165, 1.54) is 18.2 Å². The van der Waals surface area contributed by atoms with E-state index in [0.717, 1.165) is 0 Å². The van der Waals surface area contributed by atoms with Gasteiger partial charge in [0.2, 0.25) is 0 Å². The Kier molecular flexibility index (Phi) is 4.17. The first-order valence-corrected chi connectivity index (χ1v) is 5.19. The van der Waals surface area contributed by atoms with E-state index >= 15 is 0 Å². The SMILES string of the molecule is Nc1cc(C(=O)O)cc(C(O)C(O)CS)c1. The summed E-state index contributed by atoms with van der Waals surface area (Å²) in [6, 6.07) is 3.98. The summed E-state index contributed by atoms with van der Waals surface area (Å²) in [5.41, 5.74) is 5.96. The number of thiol groups is 1. The van der Waals surface area contributed by atoms with Crippen LogP contribution in [0.5, 0.6) is 0 Å². The molecule has 1 rings (SSSR count). The fraction of sp³-hybridized carbons (Fsp3) is 0.300. The molecule has 0 spiro atoms. The van der Waals surface area contributed by atoms with Crippen LogP contribution < -0.4 is 5.73 Å². The fourth-order valence-corrected chi connectivity index (χ4v) is 1.49. The van der Waals surface area contributed by atoms with Gasteiger partial charge in [0.15, 0.2) is 0 Å². The molecule has 0 saturated heterocycles. The van der Waals surface area contributed by atoms with Gasteiger partial charge in [0.05, 0.1) is 11.7 Å². The van der Waals surface area contributed by atoms with Crippen LogP contribution in [0.25, 0.3) is 0 Å². The van der Waals surface area contributed by atoms with Crippen LogP contribution in [0.4, 0.5) is 5.69 Å². The summed E-state index contributed by atoms with van der Waals surface area (Å²) >= 11 is 3.84. The minimum absolute atomic E-state index is 0.0274. The molecule has 2 atom stereocenters. The number of aromatic carboxylic acids is 1. The summed E-state index contributed by atoms with van der Waals surface area (Å²) in [4.78, 5) is 10.8. The van der Waals surface area contributed by atoms with Crippen LogP contribution >= 0.6 is 12.6 Å². The topological polar surface area (TPSA) is 104 Å². The number of nitrogens with two attached hydrogens (primary N) is 1. The first-order chi connectivity index (χ1) is 7.45. The van der Waals surface area contributed by atoms with Gasteiger partial charge in [0.1, 0.15) is 6.10 Å². The van der Waals surface area contributed by atoms with E-state index in [4.69, 9.17) is 10.8 Å². The molecule has 0 aliphatic rings. The lowest BCUT2D eigenvalue weighted by Crippen LogP contribution is -2.20. The minimum Gasteiger partial charge on any atom is -0.478 e. The van der Waals surface area contributed by atoms with Crippen molar-refractivity contribution < 1.29 is 20.1 Å². The van der Waals surface area contributed by atoms with Crippen LogP contribution in [0, 0.1) is 0 Å². The molecule has 88 valence electrons. The molecule has 0 bridgehead atoms. The Bertz CT molecular complexity index is 396. The zero-order valence-electron chi connectivity index (χ0n) is 8.37. The molecule has 0 radical (unpaired) electrons. The Morgan fingerprint density at radius 2 is 2.00 bits per heavy atom. The molecule has 6 heteroatoms. The summed E-state index contributed by atoms with van der Waals surface area (Å²) in [7, 11) is 0. The lowest BCUT2D eigenvalue weighted by atomic mass is 10.0. The van der Waals surface area contributed by atoms with Crippen molar-refractivity contribution in [1.29, 1.82) is 0 Å². The molecule has 1 aromatic carbocycles. The second-order valence-electron chi connectivity index (χ2n) is 3.39. The van der Waals surface area contributed by atoms with E-state index in [9.17, 15) is 15.0 Å². The molecule has 0 fully saturated rings.